The van der Waals surface area contributed by atoms with Crippen molar-refractivity contribution >= 4 is 23.0 Å². The Morgan fingerprint density at radius 3 is 3.04 bits per heavy atom. The van der Waals surface area contributed by atoms with Gasteiger partial charge in [-0.05, 0) is 18.2 Å². The minimum absolute atomic E-state index is 0.00808. The number of nitrogens with one attached hydrogen (secondary N) is 2. The molecule has 0 aliphatic carbocycles. The van der Waals surface area contributed by atoms with Crippen LogP contribution in [0.15, 0.2) is 24.4 Å². The second-order valence-electron chi connectivity index (χ2n) is 6.17. The zero-order valence-corrected chi connectivity index (χ0v) is 14.4. The molecule has 1 aliphatic heterocycles. The number of carbonyl (C=O) groups is 2. The van der Waals surface area contributed by atoms with E-state index in [1.54, 1.807) is 17.2 Å². The Kier molecular flexibility index (Phi) is 4.11. The zero-order chi connectivity index (χ0) is 18.1. The Labute approximate surface area is 149 Å². The summed E-state index contributed by atoms with van der Waals surface area (Å²) in [5, 5.41) is 7.30. The molecular formula is C17H19N7O2. The van der Waals surface area contributed by atoms with E-state index in [2.05, 4.69) is 25.4 Å². The number of H-pyrrole nitrogens is 1. The minimum atomic E-state index is -0.156. The molecule has 0 saturated carbocycles. The Hall–Kier alpha value is -3.23. The molecule has 9 heteroatoms. The van der Waals surface area contributed by atoms with Crippen LogP contribution in [0.1, 0.15) is 35.4 Å². The van der Waals surface area contributed by atoms with Crippen LogP contribution in [0.3, 0.4) is 0 Å². The van der Waals surface area contributed by atoms with Gasteiger partial charge < -0.3 is 15.2 Å². The van der Waals surface area contributed by atoms with Gasteiger partial charge in [0.25, 0.3) is 5.91 Å². The lowest BCUT2D eigenvalue weighted by Crippen LogP contribution is -2.38. The van der Waals surface area contributed by atoms with Crippen molar-refractivity contribution in [2.24, 2.45) is 0 Å². The average Bonchev–Trinajstić information content (AvgIpc) is 3.28. The van der Waals surface area contributed by atoms with E-state index in [-0.39, 0.29) is 11.8 Å². The third kappa shape index (κ3) is 3.03. The zero-order valence-electron chi connectivity index (χ0n) is 14.4. The van der Waals surface area contributed by atoms with Gasteiger partial charge in [-0.3, -0.25) is 14.3 Å². The fourth-order valence-electron chi connectivity index (χ4n) is 3.00. The Morgan fingerprint density at radius 1 is 1.35 bits per heavy atom. The first-order valence-electron chi connectivity index (χ1n) is 8.56. The molecule has 0 bridgehead atoms. The third-order valence-electron chi connectivity index (χ3n) is 4.38. The number of pyridine rings is 1. The van der Waals surface area contributed by atoms with E-state index in [0.29, 0.717) is 44.1 Å². The number of nitrogens with zero attached hydrogens (tertiary/aromatic N) is 5. The monoisotopic (exact) mass is 353 g/mol. The van der Waals surface area contributed by atoms with E-state index in [1.165, 1.54) is 0 Å². The Morgan fingerprint density at radius 2 is 2.23 bits per heavy atom. The number of hydrogen-bond donors (Lipinski definition) is 2. The van der Waals surface area contributed by atoms with Gasteiger partial charge in [-0.15, -0.1) is 0 Å². The number of rotatable bonds is 4. The summed E-state index contributed by atoms with van der Waals surface area (Å²) < 4.78 is 1.89. The van der Waals surface area contributed by atoms with E-state index in [0.717, 1.165) is 16.9 Å². The summed E-state index contributed by atoms with van der Waals surface area (Å²) in [6.45, 7) is 3.83. The molecule has 3 aromatic rings. The predicted molar refractivity (Wildman–Crippen MR) is 93.0 cm³/mol. The second-order valence-corrected chi connectivity index (χ2v) is 6.17. The normalized spacial score (nSPS) is 13.7. The van der Waals surface area contributed by atoms with Gasteiger partial charge in [0.1, 0.15) is 0 Å². The van der Waals surface area contributed by atoms with Crippen LogP contribution < -0.4 is 5.32 Å². The van der Waals surface area contributed by atoms with E-state index in [4.69, 9.17) is 0 Å². The highest BCUT2D eigenvalue weighted by Crippen LogP contribution is 2.17. The second kappa shape index (κ2) is 6.58. The SMILES string of the molecule is CCC(=O)NCc1cc2n(n1)CCN(C(=O)c1nc3ncccc3[nH]1)C2. The molecule has 9 nitrogen and oxygen atoms in total. The van der Waals surface area contributed by atoms with Crippen molar-refractivity contribution in [1.82, 2.24) is 34.9 Å². The molecule has 0 aromatic carbocycles. The molecule has 3 aromatic heterocycles. The third-order valence-corrected chi connectivity index (χ3v) is 4.38. The van der Waals surface area contributed by atoms with Gasteiger partial charge >= 0.3 is 0 Å². The lowest BCUT2D eigenvalue weighted by atomic mass is 10.2. The van der Waals surface area contributed by atoms with Gasteiger partial charge in [-0.2, -0.15) is 5.10 Å². The van der Waals surface area contributed by atoms with Gasteiger partial charge in [0.15, 0.2) is 11.5 Å². The number of hydrogen-bond acceptors (Lipinski definition) is 5. The van der Waals surface area contributed by atoms with Gasteiger partial charge in [0.2, 0.25) is 5.91 Å². The number of imidazole rings is 1. The maximum Gasteiger partial charge on any atom is 0.290 e. The maximum atomic E-state index is 12.8. The molecule has 0 fully saturated rings. The van der Waals surface area contributed by atoms with Crippen LogP contribution in [0.2, 0.25) is 0 Å². The van der Waals surface area contributed by atoms with E-state index < -0.39 is 0 Å². The summed E-state index contributed by atoms with van der Waals surface area (Å²) in [5.74, 6) is 0.129. The Balaban J connectivity index is 1.48. The highest BCUT2D eigenvalue weighted by Gasteiger charge is 2.25. The summed E-state index contributed by atoms with van der Waals surface area (Å²) in [4.78, 5) is 37.3. The Bertz CT molecular complexity index is 942. The molecule has 0 atom stereocenters. The molecule has 0 spiro atoms. The lowest BCUT2D eigenvalue weighted by molar-refractivity contribution is -0.120. The lowest BCUT2D eigenvalue weighted by Gasteiger charge is -2.26. The van der Waals surface area contributed by atoms with Crippen molar-refractivity contribution in [3.63, 3.8) is 0 Å². The first-order chi connectivity index (χ1) is 12.6. The van der Waals surface area contributed by atoms with E-state index >= 15 is 0 Å². The van der Waals surface area contributed by atoms with Crippen molar-refractivity contribution < 1.29 is 9.59 Å². The largest absolute Gasteiger partial charge is 0.350 e. The molecule has 134 valence electrons. The molecule has 4 rings (SSSR count). The van der Waals surface area contributed by atoms with Crippen LogP contribution in [0.25, 0.3) is 11.2 Å². The predicted octanol–water partition coefficient (Wildman–Crippen LogP) is 0.837. The molecular weight excluding hydrogens is 334 g/mol. The highest BCUT2D eigenvalue weighted by atomic mass is 16.2. The summed E-state index contributed by atoms with van der Waals surface area (Å²) >= 11 is 0. The maximum absolute atomic E-state index is 12.8. The fraction of sp³-hybridized carbons (Fsp3) is 0.353. The summed E-state index contributed by atoms with van der Waals surface area (Å²) in [5.41, 5.74) is 3.02. The van der Waals surface area contributed by atoms with Gasteiger partial charge in [-0.25, -0.2) is 9.97 Å². The van der Waals surface area contributed by atoms with Crippen molar-refractivity contribution in [3.05, 3.63) is 41.6 Å². The van der Waals surface area contributed by atoms with Crippen molar-refractivity contribution in [3.8, 4) is 0 Å². The van der Waals surface area contributed by atoms with Crippen molar-refractivity contribution in [2.75, 3.05) is 6.54 Å². The molecule has 2 amide bonds. The molecule has 26 heavy (non-hydrogen) atoms. The first-order valence-corrected chi connectivity index (χ1v) is 8.56. The van der Waals surface area contributed by atoms with Crippen LogP contribution in [0, 0.1) is 0 Å². The minimum Gasteiger partial charge on any atom is -0.350 e. The van der Waals surface area contributed by atoms with E-state index in [9.17, 15) is 9.59 Å². The van der Waals surface area contributed by atoms with Crippen LogP contribution in [0.4, 0.5) is 0 Å². The summed E-state index contributed by atoms with van der Waals surface area (Å²) in [6, 6.07) is 5.57. The standard InChI is InChI=1S/C17H19N7O2/c1-2-14(25)19-9-11-8-12-10-23(6-7-24(12)22-11)17(26)16-20-13-4-3-5-18-15(13)21-16/h3-5,8H,2,6-7,9-10H2,1H3,(H,19,25)(H,18,20,21). The van der Waals surface area contributed by atoms with Crippen molar-refractivity contribution in [2.45, 2.75) is 33.0 Å². The van der Waals surface area contributed by atoms with Crippen molar-refractivity contribution in [1.29, 1.82) is 0 Å². The van der Waals surface area contributed by atoms with E-state index in [1.807, 2.05) is 23.7 Å². The van der Waals surface area contributed by atoms with Crippen LogP contribution in [0.5, 0.6) is 0 Å². The molecule has 0 unspecified atom stereocenters. The molecule has 0 saturated heterocycles. The number of aromatic amines is 1. The average molecular weight is 353 g/mol. The van der Waals surface area contributed by atoms with Crippen LogP contribution >= 0.6 is 0 Å². The smallest absolute Gasteiger partial charge is 0.290 e. The number of carbonyl (C=O) groups excluding carboxylic acids is 2. The number of fused-ring (bicyclic) bond motifs is 2. The van der Waals surface area contributed by atoms with Gasteiger partial charge in [-0.1, -0.05) is 6.92 Å². The molecule has 0 radical (unpaired) electrons. The summed E-state index contributed by atoms with van der Waals surface area (Å²) in [7, 11) is 0. The summed E-state index contributed by atoms with van der Waals surface area (Å²) in [6.07, 6.45) is 2.10. The fourth-order valence-corrected chi connectivity index (χ4v) is 3.00. The first kappa shape index (κ1) is 16.2. The van der Waals surface area contributed by atoms with Gasteiger partial charge in [0, 0.05) is 19.2 Å². The van der Waals surface area contributed by atoms with Crippen LogP contribution in [-0.4, -0.2) is 48.0 Å². The van der Waals surface area contributed by atoms with Crippen LogP contribution in [-0.2, 0) is 24.4 Å². The quantitative estimate of drug-likeness (QED) is 0.722. The topological polar surface area (TPSA) is 109 Å². The molecule has 1 aliphatic rings. The van der Waals surface area contributed by atoms with Gasteiger partial charge in [0.05, 0.1) is 36.5 Å². The number of amides is 2. The molecule has 2 N–H and O–H groups in total. The highest BCUT2D eigenvalue weighted by molar-refractivity contribution is 5.93. The number of aromatic nitrogens is 5. The molecule has 4 heterocycles.